The number of hydrogen-bond acceptors (Lipinski definition) is 3. The second kappa shape index (κ2) is 7.79. The van der Waals surface area contributed by atoms with Crippen molar-refractivity contribution in [3.05, 3.63) is 64.2 Å². The van der Waals surface area contributed by atoms with Crippen molar-refractivity contribution >= 4 is 27.5 Å². The minimum Gasteiger partial charge on any atom is -0.351 e. The summed E-state index contributed by atoms with van der Waals surface area (Å²) in [6.07, 6.45) is 0. The third kappa shape index (κ3) is 5.06. The van der Waals surface area contributed by atoms with Crippen LogP contribution < -0.4 is 10.0 Å². The van der Waals surface area contributed by atoms with Crippen molar-refractivity contribution in [3.8, 4) is 0 Å². The van der Waals surface area contributed by atoms with Crippen molar-refractivity contribution in [2.75, 3.05) is 6.54 Å². The maximum Gasteiger partial charge on any atom is 0.241 e. The van der Waals surface area contributed by atoms with Crippen molar-refractivity contribution in [2.24, 2.45) is 0 Å². The molecule has 0 atom stereocenters. The Balaban J connectivity index is 1.91. The molecule has 1 amide bonds. The maximum atomic E-state index is 12.2. The van der Waals surface area contributed by atoms with E-state index in [0.717, 1.165) is 11.1 Å². The summed E-state index contributed by atoms with van der Waals surface area (Å²) in [5.74, 6) is -0.397. The van der Waals surface area contributed by atoms with Crippen molar-refractivity contribution in [1.82, 2.24) is 10.0 Å². The molecule has 2 aromatic rings. The van der Waals surface area contributed by atoms with Crippen LogP contribution in [0, 0.1) is 13.8 Å². The van der Waals surface area contributed by atoms with Gasteiger partial charge < -0.3 is 5.32 Å². The largest absolute Gasteiger partial charge is 0.351 e. The first kappa shape index (κ1) is 18.4. The number of rotatable bonds is 6. The second-order valence-corrected chi connectivity index (χ2v) is 7.68. The first-order valence-corrected chi connectivity index (χ1v) is 9.22. The SMILES string of the molecule is Cc1cccc(CNC(=O)CNS(=O)(=O)c2ccc(Cl)c(C)c2)c1. The summed E-state index contributed by atoms with van der Waals surface area (Å²) in [6, 6.07) is 12.1. The van der Waals surface area contributed by atoms with E-state index in [-0.39, 0.29) is 11.4 Å². The van der Waals surface area contributed by atoms with Gasteiger partial charge in [-0.3, -0.25) is 4.79 Å². The van der Waals surface area contributed by atoms with E-state index < -0.39 is 15.9 Å². The number of hydrogen-bond donors (Lipinski definition) is 2. The lowest BCUT2D eigenvalue weighted by atomic mass is 10.1. The van der Waals surface area contributed by atoms with E-state index in [1.165, 1.54) is 18.2 Å². The summed E-state index contributed by atoms with van der Waals surface area (Å²) in [5.41, 5.74) is 2.71. The van der Waals surface area contributed by atoms with E-state index in [0.29, 0.717) is 17.1 Å². The van der Waals surface area contributed by atoms with Gasteiger partial charge in [0.25, 0.3) is 0 Å². The molecule has 128 valence electrons. The van der Waals surface area contributed by atoms with Gasteiger partial charge in [0.2, 0.25) is 15.9 Å². The average Bonchev–Trinajstić information content (AvgIpc) is 2.53. The van der Waals surface area contributed by atoms with E-state index in [4.69, 9.17) is 11.6 Å². The molecule has 5 nitrogen and oxygen atoms in total. The van der Waals surface area contributed by atoms with Gasteiger partial charge in [0.05, 0.1) is 11.4 Å². The normalized spacial score (nSPS) is 11.3. The van der Waals surface area contributed by atoms with Gasteiger partial charge in [-0.2, -0.15) is 0 Å². The van der Waals surface area contributed by atoms with Gasteiger partial charge in [-0.25, -0.2) is 13.1 Å². The Hall–Kier alpha value is -1.89. The maximum absolute atomic E-state index is 12.2. The van der Waals surface area contributed by atoms with Crippen LogP contribution in [0.4, 0.5) is 0 Å². The lowest BCUT2D eigenvalue weighted by molar-refractivity contribution is -0.120. The van der Waals surface area contributed by atoms with Gasteiger partial charge in [0.1, 0.15) is 0 Å². The minimum atomic E-state index is -3.75. The second-order valence-electron chi connectivity index (χ2n) is 5.50. The molecule has 24 heavy (non-hydrogen) atoms. The predicted octanol–water partition coefficient (Wildman–Crippen LogP) is 2.55. The Kier molecular flexibility index (Phi) is 5.99. The molecule has 0 fully saturated rings. The van der Waals surface area contributed by atoms with E-state index >= 15 is 0 Å². The Bertz CT molecular complexity index is 851. The van der Waals surface area contributed by atoms with Crippen LogP contribution in [-0.2, 0) is 21.4 Å². The Morgan fingerprint density at radius 1 is 1.12 bits per heavy atom. The van der Waals surface area contributed by atoms with E-state index in [9.17, 15) is 13.2 Å². The molecule has 0 radical (unpaired) electrons. The van der Waals surface area contributed by atoms with E-state index in [1.807, 2.05) is 31.2 Å². The fraction of sp³-hybridized carbons (Fsp3) is 0.235. The fourth-order valence-electron chi connectivity index (χ4n) is 2.11. The molecule has 0 bridgehead atoms. The van der Waals surface area contributed by atoms with Crippen LogP contribution in [0.15, 0.2) is 47.4 Å². The Morgan fingerprint density at radius 3 is 2.54 bits per heavy atom. The zero-order valence-corrected chi connectivity index (χ0v) is 15.0. The number of carbonyl (C=O) groups excluding carboxylic acids is 1. The molecular weight excluding hydrogens is 348 g/mol. The summed E-state index contributed by atoms with van der Waals surface area (Å²) in [6.45, 7) is 3.71. The van der Waals surface area contributed by atoms with Gasteiger partial charge in [-0.15, -0.1) is 0 Å². The quantitative estimate of drug-likeness (QED) is 0.825. The minimum absolute atomic E-state index is 0.0795. The summed E-state index contributed by atoms with van der Waals surface area (Å²) in [4.78, 5) is 11.9. The molecule has 0 saturated heterocycles. The molecule has 0 aliphatic carbocycles. The van der Waals surface area contributed by atoms with Crippen LogP contribution in [-0.4, -0.2) is 20.9 Å². The van der Waals surface area contributed by atoms with Crippen LogP contribution in [0.2, 0.25) is 5.02 Å². The average molecular weight is 367 g/mol. The van der Waals surface area contributed by atoms with Crippen LogP contribution in [0.3, 0.4) is 0 Å². The number of nitrogens with one attached hydrogen (secondary N) is 2. The highest BCUT2D eigenvalue weighted by atomic mass is 35.5. The molecule has 2 aromatic carbocycles. The summed E-state index contributed by atoms with van der Waals surface area (Å²) in [5, 5.41) is 3.17. The monoisotopic (exact) mass is 366 g/mol. The first-order valence-electron chi connectivity index (χ1n) is 7.36. The number of benzene rings is 2. The van der Waals surface area contributed by atoms with E-state index in [2.05, 4.69) is 10.0 Å². The zero-order valence-electron chi connectivity index (χ0n) is 13.5. The molecule has 2 rings (SSSR count). The van der Waals surface area contributed by atoms with Gasteiger partial charge >= 0.3 is 0 Å². The predicted molar refractivity (Wildman–Crippen MR) is 94.4 cm³/mol. The highest BCUT2D eigenvalue weighted by Crippen LogP contribution is 2.19. The fourth-order valence-corrected chi connectivity index (χ4v) is 3.30. The third-order valence-corrected chi connectivity index (χ3v) is 5.26. The molecule has 7 heteroatoms. The molecule has 0 saturated carbocycles. The molecule has 0 aromatic heterocycles. The molecule has 0 aliphatic rings. The first-order chi connectivity index (χ1) is 11.3. The van der Waals surface area contributed by atoms with Crippen LogP contribution in [0.25, 0.3) is 0 Å². The molecule has 0 spiro atoms. The number of amides is 1. The Morgan fingerprint density at radius 2 is 1.88 bits per heavy atom. The zero-order chi connectivity index (χ0) is 17.7. The lowest BCUT2D eigenvalue weighted by Gasteiger charge is -2.09. The van der Waals surface area contributed by atoms with Gasteiger partial charge in [0, 0.05) is 11.6 Å². The van der Waals surface area contributed by atoms with Gasteiger partial charge in [-0.1, -0.05) is 41.4 Å². The van der Waals surface area contributed by atoms with Crippen molar-refractivity contribution in [3.63, 3.8) is 0 Å². The van der Waals surface area contributed by atoms with Crippen molar-refractivity contribution < 1.29 is 13.2 Å². The standard InChI is InChI=1S/C17H19ClN2O3S/c1-12-4-3-5-14(8-12)10-19-17(21)11-20-24(22,23)15-6-7-16(18)13(2)9-15/h3-9,20H,10-11H2,1-2H3,(H,19,21). The molecule has 2 N–H and O–H groups in total. The number of halogens is 1. The van der Waals surface area contributed by atoms with Gasteiger partial charge in [0.15, 0.2) is 0 Å². The lowest BCUT2D eigenvalue weighted by Crippen LogP contribution is -2.36. The van der Waals surface area contributed by atoms with Crippen molar-refractivity contribution in [1.29, 1.82) is 0 Å². The molecular formula is C17H19ClN2O3S. The molecule has 0 unspecified atom stereocenters. The summed E-state index contributed by atoms with van der Waals surface area (Å²) in [7, 11) is -3.75. The molecule has 0 aliphatic heterocycles. The Labute approximate surface area is 147 Å². The topological polar surface area (TPSA) is 75.3 Å². The van der Waals surface area contributed by atoms with Crippen molar-refractivity contribution in [2.45, 2.75) is 25.3 Å². The summed E-state index contributed by atoms with van der Waals surface area (Å²) < 4.78 is 26.7. The summed E-state index contributed by atoms with van der Waals surface area (Å²) >= 11 is 5.89. The van der Waals surface area contributed by atoms with Crippen LogP contribution >= 0.6 is 11.6 Å². The highest BCUT2D eigenvalue weighted by molar-refractivity contribution is 7.89. The van der Waals surface area contributed by atoms with Crippen LogP contribution in [0.1, 0.15) is 16.7 Å². The smallest absolute Gasteiger partial charge is 0.241 e. The number of carbonyl (C=O) groups is 1. The van der Waals surface area contributed by atoms with Crippen LogP contribution in [0.5, 0.6) is 0 Å². The number of aryl methyl sites for hydroxylation is 2. The number of sulfonamides is 1. The highest BCUT2D eigenvalue weighted by Gasteiger charge is 2.16. The molecule has 0 heterocycles. The third-order valence-electron chi connectivity index (χ3n) is 3.43. The van der Waals surface area contributed by atoms with E-state index in [1.54, 1.807) is 6.92 Å². The van der Waals surface area contributed by atoms with Gasteiger partial charge in [-0.05, 0) is 43.2 Å².